The first kappa shape index (κ1) is 35.0. The van der Waals surface area contributed by atoms with E-state index >= 15 is 0 Å². The molecule has 2 saturated heterocycles. The van der Waals surface area contributed by atoms with Crippen molar-refractivity contribution < 1.29 is 32.6 Å². The van der Waals surface area contributed by atoms with Crippen LogP contribution in [0.25, 0.3) is 11.1 Å². The van der Waals surface area contributed by atoms with E-state index in [4.69, 9.17) is 32.7 Å². The second kappa shape index (κ2) is 14.4. The van der Waals surface area contributed by atoms with Crippen molar-refractivity contribution in [2.24, 2.45) is 0 Å². The number of nitrogens with one attached hydrogen (secondary N) is 1. The van der Waals surface area contributed by atoms with Crippen molar-refractivity contribution in [3.8, 4) is 22.6 Å². The van der Waals surface area contributed by atoms with Crippen LogP contribution in [0.2, 0.25) is 10.0 Å². The van der Waals surface area contributed by atoms with Crippen molar-refractivity contribution in [3.05, 3.63) is 75.8 Å². The predicted octanol–water partition coefficient (Wildman–Crippen LogP) is 5.63. The summed E-state index contributed by atoms with van der Waals surface area (Å²) in [5, 5.41) is 12.9. The molecule has 0 aliphatic carbocycles. The lowest BCUT2D eigenvalue weighted by Gasteiger charge is -2.34. The van der Waals surface area contributed by atoms with Crippen LogP contribution in [0.1, 0.15) is 43.7 Å². The van der Waals surface area contributed by atoms with Gasteiger partial charge in [0, 0.05) is 29.6 Å². The van der Waals surface area contributed by atoms with E-state index in [-0.39, 0.29) is 34.3 Å². The molecule has 0 radical (unpaired) electrons. The molecule has 3 aromatic carbocycles. The Morgan fingerprint density at radius 3 is 2.06 bits per heavy atom. The highest BCUT2D eigenvalue weighted by Gasteiger charge is 2.50. The summed E-state index contributed by atoms with van der Waals surface area (Å²) >= 11 is 12.1. The van der Waals surface area contributed by atoms with E-state index < -0.39 is 33.5 Å². The summed E-state index contributed by atoms with van der Waals surface area (Å²) < 4.78 is 39.8. The van der Waals surface area contributed by atoms with Crippen molar-refractivity contribution in [3.63, 3.8) is 0 Å². The molecule has 2 heterocycles. The van der Waals surface area contributed by atoms with Gasteiger partial charge in [-0.25, -0.2) is 13.2 Å². The molecule has 2 aliphatic heterocycles. The monoisotopic (exact) mass is 703 g/mol. The van der Waals surface area contributed by atoms with E-state index in [0.29, 0.717) is 23.5 Å². The number of carboxylic acid groups (broad SMARTS) is 1. The van der Waals surface area contributed by atoms with Gasteiger partial charge in [0.1, 0.15) is 23.1 Å². The molecule has 5 rings (SSSR count). The van der Waals surface area contributed by atoms with Gasteiger partial charge in [0.25, 0.3) is 0 Å². The van der Waals surface area contributed by atoms with Gasteiger partial charge in [0.05, 0.1) is 24.7 Å². The number of ether oxygens (including phenoxy) is 2. The number of benzene rings is 3. The number of carbonyl (C=O) groups is 2. The molecule has 0 bridgehead atoms. The Bertz CT molecular complexity index is 1700. The van der Waals surface area contributed by atoms with Crippen LogP contribution in [0.4, 0.5) is 0 Å². The normalized spacial score (nSPS) is 19.4. The zero-order valence-electron chi connectivity index (χ0n) is 26.6. The third-order valence-corrected chi connectivity index (χ3v) is 11.4. The van der Waals surface area contributed by atoms with E-state index in [2.05, 4.69) is 10.2 Å². The summed E-state index contributed by atoms with van der Waals surface area (Å²) in [5.41, 5.74) is 1.86. The zero-order valence-corrected chi connectivity index (χ0v) is 28.9. The molecule has 0 aromatic heterocycles. The maximum Gasteiger partial charge on any atom is 0.326 e. The second-order valence-corrected chi connectivity index (χ2v) is 14.9. The van der Waals surface area contributed by atoms with Gasteiger partial charge in [-0.3, -0.25) is 9.69 Å². The third kappa shape index (κ3) is 7.54. The Morgan fingerprint density at radius 1 is 0.915 bits per heavy atom. The minimum Gasteiger partial charge on any atom is -0.496 e. The predicted molar refractivity (Wildman–Crippen MR) is 181 cm³/mol. The van der Waals surface area contributed by atoms with Crippen molar-refractivity contribution in [2.75, 3.05) is 33.9 Å². The number of sulfonamides is 1. The average Bonchev–Trinajstić information content (AvgIpc) is 3.70. The first-order valence-electron chi connectivity index (χ1n) is 15.4. The number of hydrogen-bond donors (Lipinski definition) is 2. The van der Waals surface area contributed by atoms with E-state index in [1.54, 1.807) is 26.4 Å². The van der Waals surface area contributed by atoms with Crippen LogP contribution in [0.3, 0.4) is 0 Å². The van der Waals surface area contributed by atoms with Crippen molar-refractivity contribution in [1.82, 2.24) is 14.5 Å². The molecular weight excluding hydrogens is 665 g/mol. The molecule has 252 valence electrons. The standard InChI is InChI=1S/C34H39Cl2N3O7S/c1-34(11-6-14-39(34)47(43,44)27-19-25(35)18-26(36)20-27)33(42)37-28(32(40)41)15-22-7-9-24(10-8-22)31-29(45-2)16-23(17-30(31)46-3)21-38-12-4-5-13-38/h7-10,16-20,28H,4-6,11-15,21H2,1-3H3,(H,37,42)(H,40,41)/t28-,34-/m0/s1. The molecule has 2 fully saturated rings. The molecular formula is C34H39Cl2N3O7S. The van der Waals surface area contributed by atoms with Gasteiger partial charge in [-0.1, -0.05) is 47.5 Å². The molecule has 0 spiro atoms. The number of methoxy groups -OCH3 is 2. The van der Waals surface area contributed by atoms with Gasteiger partial charge in [-0.05, 0) is 92.7 Å². The van der Waals surface area contributed by atoms with Crippen LogP contribution in [0, 0.1) is 0 Å². The molecule has 0 unspecified atom stereocenters. The Labute approximate surface area is 285 Å². The smallest absolute Gasteiger partial charge is 0.326 e. The lowest BCUT2D eigenvalue weighted by Crippen LogP contribution is -2.58. The number of halogens is 2. The number of nitrogens with zero attached hydrogens (tertiary/aromatic N) is 2. The molecule has 10 nitrogen and oxygen atoms in total. The van der Waals surface area contributed by atoms with Gasteiger partial charge in [0.15, 0.2) is 0 Å². The summed E-state index contributed by atoms with van der Waals surface area (Å²) in [6, 6.07) is 14.0. The minimum absolute atomic E-state index is 0.0167. The molecule has 47 heavy (non-hydrogen) atoms. The van der Waals surface area contributed by atoms with Gasteiger partial charge < -0.3 is 19.9 Å². The van der Waals surface area contributed by atoms with Gasteiger partial charge >= 0.3 is 5.97 Å². The highest BCUT2D eigenvalue weighted by molar-refractivity contribution is 7.89. The Hall–Kier alpha value is -3.35. The topological polar surface area (TPSA) is 125 Å². The average molecular weight is 705 g/mol. The van der Waals surface area contributed by atoms with Crippen molar-refractivity contribution in [1.29, 1.82) is 0 Å². The molecule has 0 saturated carbocycles. The lowest BCUT2D eigenvalue weighted by atomic mass is 9.96. The second-order valence-electron chi connectivity index (χ2n) is 12.2. The summed E-state index contributed by atoms with van der Waals surface area (Å²) in [5.74, 6) is -0.589. The van der Waals surface area contributed by atoms with E-state index in [1.165, 1.54) is 38.0 Å². The Kier molecular flexibility index (Phi) is 10.7. The van der Waals surface area contributed by atoms with E-state index in [9.17, 15) is 23.1 Å². The quantitative estimate of drug-likeness (QED) is 0.249. The fourth-order valence-electron chi connectivity index (χ4n) is 6.45. The van der Waals surface area contributed by atoms with Crippen LogP contribution in [-0.4, -0.2) is 80.0 Å². The Morgan fingerprint density at radius 2 is 1.51 bits per heavy atom. The maximum atomic E-state index is 13.6. The van der Waals surface area contributed by atoms with Crippen molar-refractivity contribution >= 4 is 45.1 Å². The summed E-state index contributed by atoms with van der Waals surface area (Å²) in [7, 11) is -0.932. The summed E-state index contributed by atoms with van der Waals surface area (Å²) in [6.45, 7) is 4.54. The van der Waals surface area contributed by atoms with E-state index in [0.717, 1.165) is 40.6 Å². The van der Waals surface area contributed by atoms with Gasteiger partial charge in [-0.15, -0.1) is 0 Å². The number of likely N-dealkylation sites (tertiary alicyclic amines) is 1. The molecule has 13 heteroatoms. The highest BCUT2D eigenvalue weighted by Crippen LogP contribution is 2.40. The number of hydrogen-bond acceptors (Lipinski definition) is 7. The fraction of sp³-hybridized carbons (Fsp3) is 0.412. The minimum atomic E-state index is -4.17. The SMILES string of the molecule is COc1cc(CN2CCCC2)cc(OC)c1-c1ccc(C[C@H](NC(=O)[C@]2(C)CCCN2S(=O)(=O)c2cc(Cl)cc(Cl)c2)C(=O)O)cc1. The number of carbonyl (C=O) groups excluding carboxylic acids is 1. The number of aliphatic carboxylic acids is 1. The largest absolute Gasteiger partial charge is 0.496 e. The summed E-state index contributed by atoms with van der Waals surface area (Å²) in [6.07, 6.45) is 3.02. The van der Waals surface area contributed by atoms with Crippen LogP contribution >= 0.6 is 23.2 Å². The number of amides is 1. The lowest BCUT2D eigenvalue weighted by molar-refractivity contribution is -0.143. The molecule has 2 atom stereocenters. The molecule has 1 amide bonds. The maximum absolute atomic E-state index is 13.6. The fourth-order valence-corrected chi connectivity index (χ4v) is 8.99. The number of carboxylic acids is 1. The molecule has 3 aromatic rings. The van der Waals surface area contributed by atoms with Crippen LogP contribution < -0.4 is 14.8 Å². The van der Waals surface area contributed by atoms with Crippen LogP contribution in [-0.2, 0) is 32.6 Å². The number of rotatable bonds is 12. The van der Waals surface area contributed by atoms with Crippen molar-refractivity contribution in [2.45, 2.75) is 62.0 Å². The zero-order chi connectivity index (χ0) is 33.9. The molecule has 2 aliphatic rings. The van der Waals surface area contributed by atoms with Crippen LogP contribution in [0.5, 0.6) is 11.5 Å². The van der Waals surface area contributed by atoms with Gasteiger partial charge in [0.2, 0.25) is 15.9 Å². The summed E-state index contributed by atoms with van der Waals surface area (Å²) in [4.78, 5) is 28.2. The Balaban J connectivity index is 1.33. The molecule has 2 N–H and O–H groups in total. The highest BCUT2D eigenvalue weighted by atomic mass is 35.5. The van der Waals surface area contributed by atoms with Crippen LogP contribution in [0.15, 0.2) is 59.5 Å². The van der Waals surface area contributed by atoms with E-state index in [1.807, 2.05) is 24.3 Å². The first-order valence-corrected chi connectivity index (χ1v) is 17.6. The van der Waals surface area contributed by atoms with Gasteiger partial charge in [-0.2, -0.15) is 4.31 Å². The third-order valence-electron chi connectivity index (χ3n) is 8.94. The first-order chi connectivity index (χ1) is 22.3.